The summed E-state index contributed by atoms with van der Waals surface area (Å²) < 4.78 is 7.37. The van der Waals surface area contributed by atoms with E-state index in [-0.39, 0.29) is 5.78 Å². The fraction of sp³-hybridized carbons (Fsp3) is 0.238. The van der Waals surface area contributed by atoms with E-state index in [1.807, 2.05) is 66.2 Å². The van der Waals surface area contributed by atoms with Crippen molar-refractivity contribution >= 4 is 17.3 Å². The van der Waals surface area contributed by atoms with Gasteiger partial charge in [0.05, 0.1) is 23.6 Å². The van der Waals surface area contributed by atoms with E-state index in [2.05, 4.69) is 5.32 Å². The predicted octanol–water partition coefficient (Wildman–Crippen LogP) is 4.53. The number of anilines is 2. The van der Waals surface area contributed by atoms with E-state index in [0.717, 1.165) is 35.7 Å². The first-order valence-corrected chi connectivity index (χ1v) is 8.96. The van der Waals surface area contributed by atoms with Gasteiger partial charge in [-0.05, 0) is 56.2 Å². The molecule has 0 atom stereocenters. The third-order valence-corrected chi connectivity index (χ3v) is 4.51. The fourth-order valence-electron chi connectivity index (χ4n) is 3.33. The molecule has 0 radical (unpaired) electrons. The van der Waals surface area contributed by atoms with Crippen molar-refractivity contribution in [1.82, 2.24) is 9.78 Å². The van der Waals surface area contributed by atoms with Gasteiger partial charge in [0.25, 0.3) is 0 Å². The number of hydrogen-bond acceptors (Lipinski definition) is 4. The maximum Gasteiger partial charge on any atom is 0.168 e. The van der Waals surface area contributed by atoms with Gasteiger partial charge in [-0.3, -0.25) is 4.79 Å². The number of Topliss-reactive ketones (excluding diaryl/α,β-unsaturated/α-hetero) is 1. The third kappa shape index (κ3) is 3.08. The van der Waals surface area contributed by atoms with E-state index >= 15 is 0 Å². The molecular weight excluding hydrogens is 326 g/mol. The summed E-state index contributed by atoms with van der Waals surface area (Å²) in [7, 11) is 0. The minimum Gasteiger partial charge on any atom is -0.494 e. The topological polar surface area (TPSA) is 56.1 Å². The van der Waals surface area contributed by atoms with Gasteiger partial charge in [-0.15, -0.1) is 5.10 Å². The van der Waals surface area contributed by atoms with Gasteiger partial charge in [0.2, 0.25) is 0 Å². The van der Waals surface area contributed by atoms with Crippen LogP contribution < -0.4 is 10.1 Å². The van der Waals surface area contributed by atoms with Crippen LogP contribution >= 0.6 is 0 Å². The van der Waals surface area contributed by atoms with Crippen molar-refractivity contribution in [2.75, 3.05) is 11.9 Å². The number of fused-ring (bicyclic) bond motifs is 1. The average Bonchev–Trinajstić information content (AvgIpc) is 3.04. The summed E-state index contributed by atoms with van der Waals surface area (Å²) in [6.07, 6.45) is 2.30. The molecule has 1 N–H and O–H groups in total. The molecule has 0 fully saturated rings. The molecule has 132 valence electrons. The lowest BCUT2D eigenvalue weighted by Crippen LogP contribution is -2.13. The third-order valence-electron chi connectivity index (χ3n) is 4.51. The molecule has 0 amide bonds. The van der Waals surface area contributed by atoms with Gasteiger partial charge in [-0.25, -0.2) is 4.68 Å². The lowest BCUT2D eigenvalue weighted by atomic mass is 9.95. The minimum absolute atomic E-state index is 0.155. The molecular formula is C21H21N3O2. The van der Waals surface area contributed by atoms with Crippen LogP contribution in [0.25, 0.3) is 5.69 Å². The van der Waals surface area contributed by atoms with E-state index in [9.17, 15) is 4.79 Å². The Labute approximate surface area is 152 Å². The van der Waals surface area contributed by atoms with Crippen LogP contribution in [-0.2, 0) is 6.42 Å². The molecule has 0 bridgehead atoms. The summed E-state index contributed by atoms with van der Waals surface area (Å²) in [5.74, 6) is 1.60. The Bertz CT molecular complexity index is 914. The average molecular weight is 347 g/mol. The molecule has 0 aliphatic heterocycles. The lowest BCUT2D eigenvalue weighted by Gasteiger charge is -2.13. The predicted molar refractivity (Wildman–Crippen MR) is 102 cm³/mol. The van der Waals surface area contributed by atoms with Crippen molar-refractivity contribution < 1.29 is 9.53 Å². The number of carbonyl (C=O) groups excluding carboxylic acids is 1. The van der Waals surface area contributed by atoms with Gasteiger partial charge in [0, 0.05) is 12.1 Å². The van der Waals surface area contributed by atoms with Crippen LogP contribution in [0.3, 0.4) is 0 Å². The molecule has 1 heterocycles. The number of hydrogen-bond donors (Lipinski definition) is 1. The van der Waals surface area contributed by atoms with Gasteiger partial charge < -0.3 is 10.1 Å². The number of ketones is 1. The molecule has 0 unspecified atom stereocenters. The second-order valence-corrected chi connectivity index (χ2v) is 6.28. The molecule has 1 aliphatic carbocycles. The lowest BCUT2D eigenvalue weighted by molar-refractivity contribution is 0.0973. The molecule has 2 aromatic carbocycles. The molecule has 0 spiro atoms. The van der Waals surface area contributed by atoms with Crippen molar-refractivity contribution in [3.63, 3.8) is 0 Å². The summed E-state index contributed by atoms with van der Waals surface area (Å²) in [5.41, 5.74) is 3.56. The molecule has 0 saturated carbocycles. The molecule has 3 aromatic rings. The molecule has 5 nitrogen and oxygen atoms in total. The maximum absolute atomic E-state index is 12.6. The van der Waals surface area contributed by atoms with Gasteiger partial charge in [-0.2, -0.15) is 0 Å². The van der Waals surface area contributed by atoms with Crippen molar-refractivity contribution in [1.29, 1.82) is 0 Å². The SMILES string of the molecule is CCOc1ccc(Nc2nn(-c3ccccc3)c3c2C(=O)CCC3)cc1. The molecule has 1 aromatic heterocycles. The highest BCUT2D eigenvalue weighted by Crippen LogP contribution is 2.32. The summed E-state index contributed by atoms with van der Waals surface area (Å²) in [6.45, 7) is 2.59. The van der Waals surface area contributed by atoms with Crippen LogP contribution in [0.4, 0.5) is 11.5 Å². The van der Waals surface area contributed by atoms with E-state index in [4.69, 9.17) is 9.84 Å². The van der Waals surface area contributed by atoms with Crippen molar-refractivity contribution in [2.45, 2.75) is 26.2 Å². The Kier molecular flexibility index (Phi) is 4.44. The second kappa shape index (κ2) is 7.04. The van der Waals surface area contributed by atoms with E-state index in [0.29, 0.717) is 24.4 Å². The Balaban J connectivity index is 1.72. The van der Waals surface area contributed by atoms with Crippen LogP contribution in [0.1, 0.15) is 35.8 Å². The largest absolute Gasteiger partial charge is 0.494 e. The van der Waals surface area contributed by atoms with Crippen LogP contribution in [0.15, 0.2) is 54.6 Å². The highest BCUT2D eigenvalue weighted by molar-refractivity contribution is 6.03. The smallest absolute Gasteiger partial charge is 0.168 e. The van der Waals surface area contributed by atoms with E-state index < -0.39 is 0 Å². The summed E-state index contributed by atoms with van der Waals surface area (Å²) in [5, 5.41) is 8.03. The van der Waals surface area contributed by atoms with Gasteiger partial charge in [0.1, 0.15) is 5.75 Å². The summed E-state index contributed by atoms with van der Waals surface area (Å²) >= 11 is 0. The molecule has 0 saturated heterocycles. The molecule has 5 heteroatoms. The number of aromatic nitrogens is 2. The van der Waals surface area contributed by atoms with Crippen molar-refractivity contribution in [2.24, 2.45) is 0 Å². The number of nitrogens with zero attached hydrogens (tertiary/aromatic N) is 2. The number of nitrogens with one attached hydrogen (secondary N) is 1. The zero-order valence-corrected chi connectivity index (χ0v) is 14.7. The zero-order chi connectivity index (χ0) is 17.9. The highest BCUT2D eigenvalue weighted by Gasteiger charge is 2.27. The Morgan fingerprint density at radius 1 is 1.08 bits per heavy atom. The monoisotopic (exact) mass is 347 g/mol. The Morgan fingerprint density at radius 2 is 1.85 bits per heavy atom. The number of rotatable bonds is 5. The first-order valence-electron chi connectivity index (χ1n) is 8.96. The highest BCUT2D eigenvalue weighted by atomic mass is 16.5. The number of benzene rings is 2. The Morgan fingerprint density at radius 3 is 2.58 bits per heavy atom. The van der Waals surface area contributed by atoms with Crippen LogP contribution in [0.5, 0.6) is 5.75 Å². The second-order valence-electron chi connectivity index (χ2n) is 6.28. The normalized spacial score (nSPS) is 13.3. The number of ether oxygens (including phenoxy) is 1. The van der Waals surface area contributed by atoms with Crippen LogP contribution in [0, 0.1) is 0 Å². The van der Waals surface area contributed by atoms with Crippen LogP contribution in [0.2, 0.25) is 0 Å². The van der Waals surface area contributed by atoms with Crippen LogP contribution in [-0.4, -0.2) is 22.2 Å². The number of carbonyl (C=O) groups is 1. The first-order chi connectivity index (χ1) is 12.8. The zero-order valence-electron chi connectivity index (χ0n) is 14.7. The standard InChI is InChI=1S/C21H21N3O2/c1-2-26-17-13-11-15(12-14-17)22-21-20-18(9-6-10-19(20)25)24(23-21)16-7-4-3-5-8-16/h3-5,7-8,11-14H,2,6,9-10H2,1H3,(H,22,23). The van der Waals surface area contributed by atoms with Gasteiger partial charge >= 0.3 is 0 Å². The van der Waals surface area contributed by atoms with Gasteiger partial charge in [-0.1, -0.05) is 18.2 Å². The van der Waals surface area contributed by atoms with Crippen molar-refractivity contribution in [3.8, 4) is 11.4 Å². The van der Waals surface area contributed by atoms with E-state index in [1.165, 1.54) is 0 Å². The first kappa shape index (κ1) is 16.4. The van der Waals surface area contributed by atoms with Gasteiger partial charge in [0.15, 0.2) is 11.6 Å². The summed E-state index contributed by atoms with van der Waals surface area (Å²) in [4.78, 5) is 12.6. The van der Waals surface area contributed by atoms with Crippen molar-refractivity contribution in [3.05, 3.63) is 65.9 Å². The molecule has 1 aliphatic rings. The molecule has 4 rings (SSSR count). The quantitative estimate of drug-likeness (QED) is 0.736. The van der Waals surface area contributed by atoms with E-state index in [1.54, 1.807) is 0 Å². The fourth-order valence-corrected chi connectivity index (χ4v) is 3.33. The molecule has 26 heavy (non-hydrogen) atoms. The minimum atomic E-state index is 0.155. The Hall–Kier alpha value is -3.08. The summed E-state index contributed by atoms with van der Waals surface area (Å²) in [6, 6.07) is 17.6. The maximum atomic E-state index is 12.6. The number of para-hydroxylation sites is 1.